The van der Waals surface area contributed by atoms with Crippen molar-refractivity contribution in [2.24, 2.45) is 0 Å². The van der Waals surface area contributed by atoms with E-state index < -0.39 is 12.1 Å². The molecule has 0 aromatic rings. The van der Waals surface area contributed by atoms with Gasteiger partial charge in [-0.15, -0.1) is 0 Å². The molecule has 0 rings (SSSR count). The van der Waals surface area contributed by atoms with Crippen molar-refractivity contribution in [3.63, 3.8) is 0 Å². The highest BCUT2D eigenvalue weighted by atomic mass is 16.5. The van der Waals surface area contributed by atoms with Gasteiger partial charge in [-0.05, 0) is 70.6 Å². The number of esters is 1. The summed E-state index contributed by atoms with van der Waals surface area (Å²) in [7, 11) is 0. The fraction of sp³-hybridized carbons (Fsp3) is 0.924. The van der Waals surface area contributed by atoms with Gasteiger partial charge < -0.3 is 20.3 Å². The van der Waals surface area contributed by atoms with Crippen LogP contribution in [-0.2, 0) is 14.3 Å². The Bertz CT molecular complexity index is 1330. The maximum atomic E-state index is 12.6. The zero-order chi connectivity index (χ0) is 61.3. The largest absolute Gasteiger partial charge is 0.466 e. The number of allylic oxidation sites excluding steroid dienone is 4. The summed E-state index contributed by atoms with van der Waals surface area (Å²) in [5.74, 6) is -0.0178. The van der Waals surface area contributed by atoms with Gasteiger partial charge >= 0.3 is 5.97 Å². The van der Waals surface area contributed by atoms with Gasteiger partial charge in [0.2, 0.25) is 5.91 Å². The van der Waals surface area contributed by atoms with Crippen molar-refractivity contribution in [3.05, 3.63) is 24.3 Å². The molecule has 0 fully saturated rings. The standard InChI is InChI=1S/C79H153NO5/c1-3-5-7-9-11-13-15-16-17-18-19-20-21-33-36-39-42-45-48-52-55-59-63-67-71-77(82)76(75-81)80-78(83)72-68-64-60-56-53-49-46-43-40-37-34-31-29-27-25-23-22-24-26-28-30-32-35-38-41-44-47-50-54-58-62-66-70-74-85-79(84)73-69-65-61-57-51-14-12-10-8-6-4-2/h10,12,26,28,76-77,81-82H,3-9,11,13-25,27,29-75H2,1-2H3,(H,80,83)/b12-10-,28-26-. The number of carbonyl (C=O) groups is 2. The second kappa shape index (κ2) is 74.8. The van der Waals surface area contributed by atoms with Gasteiger partial charge in [0, 0.05) is 12.8 Å². The van der Waals surface area contributed by atoms with Crippen LogP contribution in [0, 0.1) is 0 Å². The molecule has 0 saturated heterocycles. The molecule has 0 saturated carbocycles. The Morgan fingerprint density at radius 2 is 0.565 bits per heavy atom. The molecule has 0 aliphatic carbocycles. The van der Waals surface area contributed by atoms with Crippen LogP contribution >= 0.6 is 0 Å². The van der Waals surface area contributed by atoms with Crippen LogP contribution in [0.3, 0.4) is 0 Å². The normalized spacial score (nSPS) is 12.6. The molecule has 3 N–H and O–H groups in total. The first-order valence-electron chi connectivity index (χ1n) is 39.1. The van der Waals surface area contributed by atoms with E-state index in [4.69, 9.17) is 4.74 Å². The summed E-state index contributed by atoms with van der Waals surface area (Å²) < 4.78 is 5.47. The second-order valence-corrected chi connectivity index (χ2v) is 27.0. The highest BCUT2D eigenvalue weighted by molar-refractivity contribution is 5.76. The number of hydrogen-bond acceptors (Lipinski definition) is 5. The van der Waals surface area contributed by atoms with Crippen LogP contribution in [0.4, 0.5) is 0 Å². The number of aliphatic hydroxyl groups excluding tert-OH is 2. The Hall–Kier alpha value is -1.66. The zero-order valence-electron chi connectivity index (χ0n) is 57.9. The molecule has 0 aliphatic rings. The van der Waals surface area contributed by atoms with Crippen molar-refractivity contribution in [1.29, 1.82) is 0 Å². The van der Waals surface area contributed by atoms with Crippen molar-refractivity contribution in [1.82, 2.24) is 5.32 Å². The molecule has 6 nitrogen and oxygen atoms in total. The van der Waals surface area contributed by atoms with E-state index in [2.05, 4.69) is 43.5 Å². The minimum Gasteiger partial charge on any atom is -0.466 e. The van der Waals surface area contributed by atoms with Crippen LogP contribution in [-0.4, -0.2) is 47.4 Å². The van der Waals surface area contributed by atoms with E-state index in [1.54, 1.807) is 0 Å². The lowest BCUT2D eigenvalue weighted by molar-refractivity contribution is -0.143. The Balaban J connectivity index is 3.36. The number of aliphatic hydroxyl groups is 2. The van der Waals surface area contributed by atoms with E-state index >= 15 is 0 Å². The lowest BCUT2D eigenvalue weighted by atomic mass is 10.0. The predicted molar refractivity (Wildman–Crippen MR) is 375 cm³/mol. The molecule has 504 valence electrons. The number of rotatable bonds is 74. The Labute approximate surface area is 532 Å². The number of hydrogen-bond donors (Lipinski definition) is 3. The lowest BCUT2D eigenvalue weighted by Crippen LogP contribution is -2.45. The first kappa shape index (κ1) is 83.3. The third kappa shape index (κ3) is 71.3. The van der Waals surface area contributed by atoms with Crippen LogP contribution in [0.2, 0.25) is 0 Å². The summed E-state index contributed by atoms with van der Waals surface area (Å²) in [6.45, 7) is 4.96. The molecule has 0 heterocycles. The minimum atomic E-state index is -0.663. The number of nitrogens with one attached hydrogen (secondary N) is 1. The molecule has 1 amide bonds. The van der Waals surface area contributed by atoms with E-state index in [9.17, 15) is 19.8 Å². The van der Waals surface area contributed by atoms with Gasteiger partial charge in [0.05, 0.1) is 25.4 Å². The molecule has 85 heavy (non-hydrogen) atoms. The summed E-state index contributed by atoms with van der Waals surface area (Å²) in [4.78, 5) is 24.6. The summed E-state index contributed by atoms with van der Waals surface area (Å²) in [6, 6.07) is -0.540. The van der Waals surface area contributed by atoms with E-state index in [1.807, 2.05) is 0 Å². The van der Waals surface area contributed by atoms with Gasteiger partial charge in [-0.1, -0.05) is 385 Å². The van der Waals surface area contributed by atoms with Crippen LogP contribution in [0.5, 0.6) is 0 Å². The maximum Gasteiger partial charge on any atom is 0.305 e. The third-order valence-corrected chi connectivity index (χ3v) is 18.5. The van der Waals surface area contributed by atoms with Gasteiger partial charge in [-0.2, -0.15) is 0 Å². The van der Waals surface area contributed by atoms with Crippen LogP contribution in [0.25, 0.3) is 0 Å². The van der Waals surface area contributed by atoms with Gasteiger partial charge in [-0.25, -0.2) is 0 Å². The van der Waals surface area contributed by atoms with Crippen molar-refractivity contribution >= 4 is 11.9 Å². The molecule has 0 spiro atoms. The maximum absolute atomic E-state index is 12.6. The first-order valence-corrected chi connectivity index (χ1v) is 39.1. The first-order chi connectivity index (χ1) is 42.0. The molecular weight excluding hydrogens is 1040 g/mol. The fourth-order valence-corrected chi connectivity index (χ4v) is 12.5. The van der Waals surface area contributed by atoms with Gasteiger partial charge in [-0.3, -0.25) is 9.59 Å². The number of carbonyl (C=O) groups excluding carboxylic acids is 2. The third-order valence-electron chi connectivity index (χ3n) is 18.5. The molecule has 0 radical (unpaired) electrons. The Morgan fingerprint density at radius 3 is 0.871 bits per heavy atom. The Morgan fingerprint density at radius 1 is 0.318 bits per heavy atom. The van der Waals surface area contributed by atoms with Crippen molar-refractivity contribution in [2.75, 3.05) is 13.2 Å². The quantitative estimate of drug-likeness (QED) is 0.0320. The summed E-state index contributed by atoms with van der Waals surface area (Å²) in [6.07, 6.45) is 95.6. The van der Waals surface area contributed by atoms with Gasteiger partial charge in [0.15, 0.2) is 0 Å². The zero-order valence-corrected chi connectivity index (χ0v) is 57.9. The van der Waals surface area contributed by atoms with E-state index in [0.29, 0.717) is 25.9 Å². The average Bonchev–Trinajstić information content (AvgIpc) is 3.55. The Kier molecular flexibility index (Phi) is 73.3. The smallest absolute Gasteiger partial charge is 0.305 e. The number of ether oxygens (including phenoxy) is 1. The summed E-state index contributed by atoms with van der Waals surface area (Å²) >= 11 is 0. The fourth-order valence-electron chi connectivity index (χ4n) is 12.5. The molecule has 0 aromatic heterocycles. The van der Waals surface area contributed by atoms with Crippen molar-refractivity contribution in [2.45, 2.75) is 456 Å². The highest BCUT2D eigenvalue weighted by Crippen LogP contribution is 2.20. The SMILES string of the molecule is CCCC/C=C\CCCCCCCC(=O)OCCCCCCCCCCCCCC/C=C\CCCCCCCCCCCCCCCCCCCC(=O)NC(CO)C(O)CCCCCCCCCCCCCCCCCCCCCCCCCC. The van der Waals surface area contributed by atoms with Gasteiger partial charge in [0.1, 0.15) is 0 Å². The summed E-state index contributed by atoms with van der Waals surface area (Å²) in [5, 5.41) is 23.5. The van der Waals surface area contributed by atoms with Crippen molar-refractivity contribution in [3.8, 4) is 0 Å². The highest BCUT2D eigenvalue weighted by Gasteiger charge is 2.20. The van der Waals surface area contributed by atoms with E-state index in [1.165, 1.54) is 366 Å². The van der Waals surface area contributed by atoms with E-state index in [0.717, 1.165) is 44.9 Å². The average molecular weight is 1200 g/mol. The number of unbranched alkanes of at least 4 members (excludes halogenated alkanes) is 59. The molecule has 2 atom stereocenters. The second-order valence-electron chi connectivity index (χ2n) is 27.0. The van der Waals surface area contributed by atoms with Crippen LogP contribution in [0.15, 0.2) is 24.3 Å². The molecular formula is C79H153NO5. The molecule has 0 bridgehead atoms. The lowest BCUT2D eigenvalue weighted by Gasteiger charge is -2.22. The number of amides is 1. The van der Waals surface area contributed by atoms with E-state index in [-0.39, 0.29) is 18.5 Å². The molecule has 2 unspecified atom stereocenters. The molecule has 6 heteroatoms. The topological polar surface area (TPSA) is 95.9 Å². The minimum absolute atomic E-state index is 0.00835. The van der Waals surface area contributed by atoms with Crippen LogP contribution in [0.1, 0.15) is 444 Å². The summed E-state index contributed by atoms with van der Waals surface area (Å²) in [5.41, 5.74) is 0. The monoisotopic (exact) mass is 1200 g/mol. The van der Waals surface area contributed by atoms with Crippen LogP contribution < -0.4 is 5.32 Å². The molecule has 0 aliphatic heterocycles. The molecule has 0 aromatic carbocycles. The van der Waals surface area contributed by atoms with Crippen molar-refractivity contribution < 1.29 is 24.5 Å². The predicted octanol–water partition coefficient (Wildman–Crippen LogP) is 25.7. The van der Waals surface area contributed by atoms with Gasteiger partial charge in [0.25, 0.3) is 0 Å².